The molecule has 0 bridgehead atoms. The van der Waals surface area contributed by atoms with E-state index >= 15 is 0 Å². The summed E-state index contributed by atoms with van der Waals surface area (Å²) in [4.78, 5) is 14.5. The molecule has 3 rings (SSSR count). The van der Waals surface area contributed by atoms with E-state index in [1.54, 1.807) is 35.7 Å². The molecule has 0 aliphatic carbocycles. The molecule has 0 aliphatic rings. The summed E-state index contributed by atoms with van der Waals surface area (Å²) in [5.74, 6) is 1.10. The van der Waals surface area contributed by atoms with Gasteiger partial charge in [0.25, 0.3) is 0 Å². The maximum atomic E-state index is 12.3. The number of hydrogen-bond donors (Lipinski definition) is 1. The van der Waals surface area contributed by atoms with E-state index in [4.69, 9.17) is 5.26 Å². The number of nitrogens with one attached hydrogen (secondary N) is 1. The van der Waals surface area contributed by atoms with E-state index in [1.807, 2.05) is 54.6 Å². The standard InChI is InChI=1S/C22H18N2OS2/c23-14-17-10-12-18(13-11-17)15-26-16-22(25)24-20-8-4-5-9-21(20)27-19-6-2-1-3-7-19/h1-13H,15-16H2,(H,24,25). The van der Waals surface area contributed by atoms with Crippen LogP contribution < -0.4 is 5.32 Å². The van der Waals surface area contributed by atoms with E-state index in [0.29, 0.717) is 11.3 Å². The molecular formula is C22H18N2OS2. The molecule has 27 heavy (non-hydrogen) atoms. The number of carbonyl (C=O) groups excluding carboxylic acids is 1. The van der Waals surface area contributed by atoms with Crippen LogP contribution in [-0.4, -0.2) is 11.7 Å². The molecule has 1 amide bonds. The number of para-hydroxylation sites is 1. The Hall–Kier alpha value is -2.68. The quantitative estimate of drug-likeness (QED) is 0.572. The minimum Gasteiger partial charge on any atom is -0.324 e. The predicted molar refractivity (Wildman–Crippen MR) is 113 cm³/mol. The molecule has 5 heteroatoms. The first-order chi connectivity index (χ1) is 13.2. The van der Waals surface area contributed by atoms with Crippen molar-refractivity contribution in [2.24, 2.45) is 0 Å². The molecule has 3 nitrogen and oxygen atoms in total. The van der Waals surface area contributed by atoms with Gasteiger partial charge in [-0.05, 0) is 42.0 Å². The zero-order chi connectivity index (χ0) is 18.9. The van der Waals surface area contributed by atoms with Crippen LogP contribution >= 0.6 is 23.5 Å². The van der Waals surface area contributed by atoms with Gasteiger partial charge < -0.3 is 5.32 Å². The Bertz CT molecular complexity index is 935. The summed E-state index contributed by atoms with van der Waals surface area (Å²) >= 11 is 3.19. The smallest absolute Gasteiger partial charge is 0.234 e. The fourth-order valence-electron chi connectivity index (χ4n) is 2.40. The van der Waals surface area contributed by atoms with Crippen molar-refractivity contribution in [2.75, 3.05) is 11.1 Å². The number of nitriles is 1. The number of thioether (sulfide) groups is 1. The Labute approximate surface area is 167 Å². The van der Waals surface area contributed by atoms with Crippen LogP contribution in [0.3, 0.4) is 0 Å². The molecule has 0 unspecified atom stereocenters. The van der Waals surface area contributed by atoms with Gasteiger partial charge in [-0.15, -0.1) is 11.8 Å². The van der Waals surface area contributed by atoms with Crippen LogP contribution in [0.2, 0.25) is 0 Å². The molecule has 0 aliphatic heterocycles. The number of amides is 1. The van der Waals surface area contributed by atoms with Gasteiger partial charge in [0.1, 0.15) is 0 Å². The van der Waals surface area contributed by atoms with Crippen molar-refractivity contribution in [1.82, 2.24) is 0 Å². The fraction of sp³-hybridized carbons (Fsp3) is 0.0909. The van der Waals surface area contributed by atoms with Crippen LogP contribution in [0.25, 0.3) is 0 Å². The number of benzene rings is 3. The number of carbonyl (C=O) groups is 1. The molecule has 134 valence electrons. The lowest BCUT2D eigenvalue weighted by Gasteiger charge is -2.11. The van der Waals surface area contributed by atoms with Gasteiger partial charge in [0.2, 0.25) is 5.91 Å². The van der Waals surface area contributed by atoms with Crippen molar-refractivity contribution < 1.29 is 4.79 Å². The maximum Gasteiger partial charge on any atom is 0.234 e. The van der Waals surface area contributed by atoms with E-state index in [2.05, 4.69) is 23.5 Å². The summed E-state index contributed by atoms with van der Waals surface area (Å²) < 4.78 is 0. The lowest BCUT2D eigenvalue weighted by atomic mass is 10.2. The van der Waals surface area contributed by atoms with E-state index < -0.39 is 0 Å². The fourth-order valence-corrected chi connectivity index (χ4v) is 4.11. The highest BCUT2D eigenvalue weighted by atomic mass is 32.2. The molecule has 0 spiro atoms. The molecule has 3 aromatic rings. The van der Waals surface area contributed by atoms with Crippen molar-refractivity contribution >= 4 is 35.1 Å². The molecule has 3 aromatic carbocycles. The Morgan fingerprint density at radius 1 is 0.926 bits per heavy atom. The zero-order valence-corrected chi connectivity index (χ0v) is 16.2. The second-order valence-corrected chi connectivity index (χ2v) is 7.86. The molecular weight excluding hydrogens is 372 g/mol. The monoisotopic (exact) mass is 390 g/mol. The lowest BCUT2D eigenvalue weighted by molar-refractivity contribution is -0.113. The molecule has 1 N–H and O–H groups in total. The summed E-state index contributed by atoms with van der Waals surface area (Å²) in [7, 11) is 0. The van der Waals surface area contributed by atoms with Crippen molar-refractivity contribution in [3.05, 3.63) is 90.0 Å². The Kier molecular flexibility index (Phi) is 6.97. The van der Waals surface area contributed by atoms with Crippen LogP contribution in [0.4, 0.5) is 5.69 Å². The van der Waals surface area contributed by atoms with E-state index in [0.717, 1.165) is 26.8 Å². The van der Waals surface area contributed by atoms with Gasteiger partial charge in [0.15, 0.2) is 0 Å². The topological polar surface area (TPSA) is 52.9 Å². The van der Waals surface area contributed by atoms with Gasteiger partial charge in [-0.2, -0.15) is 5.26 Å². The second kappa shape index (κ2) is 9.86. The minimum absolute atomic E-state index is 0.0187. The number of rotatable bonds is 7. The number of anilines is 1. The van der Waals surface area contributed by atoms with Crippen LogP contribution in [0, 0.1) is 11.3 Å². The third-order valence-electron chi connectivity index (χ3n) is 3.72. The first-order valence-corrected chi connectivity index (χ1v) is 10.4. The first kappa shape index (κ1) is 19.1. The van der Waals surface area contributed by atoms with Crippen molar-refractivity contribution in [2.45, 2.75) is 15.5 Å². The Morgan fingerprint density at radius 2 is 1.63 bits per heavy atom. The van der Waals surface area contributed by atoms with Gasteiger partial charge in [-0.3, -0.25) is 4.79 Å². The van der Waals surface area contributed by atoms with Gasteiger partial charge in [0, 0.05) is 15.5 Å². The van der Waals surface area contributed by atoms with Crippen LogP contribution in [0.15, 0.2) is 88.7 Å². The molecule has 0 fully saturated rings. The number of hydrogen-bond acceptors (Lipinski definition) is 4. The van der Waals surface area contributed by atoms with Gasteiger partial charge in [-0.1, -0.05) is 54.2 Å². The van der Waals surface area contributed by atoms with Gasteiger partial charge in [0.05, 0.1) is 23.1 Å². The van der Waals surface area contributed by atoms with E-state index in [-0.39, 0.29) is 5.91 Å². The average Bonchev–Trinajstić information content (AvgIpc) is 2.71. The molecule has 0 heterocycles. The lowest BCUT2D eigenvalue weighted by Crippen LogP contribution is -2.14. The second-order valence-electron chi connectivity index (χ2n) is 5.76. The van der Waals surface area contributed by atoms with E-state index in [9.17, 15) is 4.79 Å². The van der Waals surface area contributed by atoms with Crippen LogP contribution in [0.5, 0.6) is 0 Å². The summed E-state index contributed by atoms with van der Waals surface area (Å²) in [5.41, 5.74) is 2.58. The Balaban J connectivity index is 1.54. The third-order valence-corrected chi connectivity index (χ3v) is 5.80. The predicted octanol–water partition coefficient (Wildman–Crippen LogP) is 5.58. The number of nitrogens with zero attached hydrogens (tertiary/aromatic N) is 1. The molecule has 0 saturated heterocycles. The third kappa shape index (κ3) is 5.92. The maximum absolute atomic E-state index is 12.3. The van der Waals surface area contributed by atoms with Gasteiger partial charge >= 0.3 is 0 Å². The van der Waals surface area contributed by atoms with Crippen molar-refractivity contribution in [3.8, 4) is 6.07 Å². The summed E-state index contributed by atoms with van der Waals surface area (Å²) in [6.07, 6.45) is 0. The van der Waals surface area contributed by atoms with E-state index in [1.165, 1.54) is 0 Å². The van der Waals surface area contributed by atoms with Crippen molar-refractivity contribution in [1.29, 1.82) is 5.26 Å². The molecule has 0 aromatic heterocycles. The Morgan fingerprint density at radius 3 is 2.37 bits per heavy atom. The SMILES string of the molecule is N#Cc1ccc(CSCC(=O)Nc2ccccc2Sc2ccccc2)cc1. The highest BCUT2D eigenvalue weighted by Gasteiger charge is 2.08. The van der Waals surface area contributed by atoms with Crippen LogP contribution in [0.1, 0.15) is 11.1 Å². The van der Waals surface area contributed by atoms with Crippen molar-refractivity contribution in [3.63, 3.8) is 0 Å². The highest BCUT2D eigenvalue weighted by molar-refractivity contribution is 7.99. The summed E-state index contributed by atoms with van der Waals surface area (Å²) in [5, 5.41) is 11.8. The molecule has 0 atom stereocenters. The van der Waals surface area contributed by atoms with Gasteiger partial charge in [-0.25, -0.2) is 0 Å². The summed E-state index contributed by atoms with van der Waals surface area (Å²) in [6.45, 7) is 0. The largest absolute Gasteiger partial charge is 0.324 e. The first-order valence-electron chi connectivity index (χ1n) is 8.43. The zero-order valence-electron chi connectivity index (χ0n) is 14.6. The highest BCUT2D eigenvalue weighted by Crippen LogP contribution is 2.33. The molecule has 0 saturated carbocycles. The minimum atomic E-state index is -0.0187. The average molecular weight is 391 g/mol. The normalized spacial score (nSPS) is 10.2. The molecule has 0 radical (unpaired) electrons. The summed E-state index contributed by atoms with van der Waals surface area (Å²) in [6, 6.07) is 27.5. The van der Waals surface area contributed by atoms with Crippen LogP contribution in [-0.2, 0) is 10.5 Å².